The molecule has 0 aliphatic carbocycles. The fourth-order valence-electron chi connectivity index (χ4n) is 5.11. The highest BCUT2D eigenvalue weighted by molar-refractivity contribution is 6.01. The van der Waals surface area contributed by atoms with Crippen molar-refractivity contribution in [3.8, 4) is 0 Å². The van der Waals surface area contributed by atoms with Gasteiger partial charge in [-0.05, 0) is 48.9 Å². The molecule has 4 aliphatic rings. The van der Waals surface area contributed by atoms with E-state index in [4.69, 9.17) is 17.4 Å². The standard InChI is InChI=1S/C20H29N5O.C7H4.C2H2N2.CH4/c1-2-3-8-20-13-24-9-10-25(14-20)12-15(11-24)18(20)22-23-19(26)16-6-4-5-7-17(16)21;1-3-5-7-6-4-2;1-3-4-2;/h4-7,15H,2-3,8-14,21H2,1H3,(H,23,26);1-2H2;1H2;1H4/b22-18-;;;. The Hall–Kier alpha value is -4.12. The number of para-hydroxylation sites is 1. The van der Waals surface area contributed by atoms with E-state index in [0.717, 1.165) is 45.7 Å². The lowest BCUT2D eigenvalue weighted by atomic mass is 9.68. The van der Waals surface area contributed by atoms with Crippen LogP contribution in [0.2, 0.25) is 0 Å². The lowest BCUT2D eigenvalue weighted by Crippen LogP contribution is -2.61. The highest BCUT2D eigenvalue weighted by Crippen LogP contribution is 2.42. The summed E-state index contributed by atoms with van der Waals surface area (Å²) in [7, 11) is 0. The zero-order valence-corrected chi connectivity index (χ0v) is 21.6. The fraction of sp³-hybridized carbons (Fsp3) is 0.433. The second-order valence-electron chi connectivity index (χ2n) is 9.05. The van der Waals surface area contributed by atoms with E-state index >= 15 is 0 Å². The highest BCUT2D eigenvalue weighted by atomic mass is 16.2. The van der Waals surface area contributed by atoms with Gasteiger partial charge in [0, 0.05) is 56.3 Å². The molecule has 0 radical (unpaired) electrons. The van der Waals surface area contributed by atoms with Crippen LogP contribution < -0.4 is 11.2 Å². The van der Waals surface area contributed by atoms with Gasteiger partial charge in [0.1, 0.15) is 0 Å². The minimum absolute atomic E-state index is 0. The highest BCUT2D eigenvalue weighted by Gasteiger charge is 2.51. The third-order valence-electron chi connectivity index (χ3n) is 6.54. The molecule has 38 heavy (non-hydrogen) atoms. The van der Waals surface area contributed by atoms with Gasteiger partial charge >= 0.3 is 0 Å². The predicted molar refractivity (Wildman–Crippen MR) is 156 cm³/mol. The monoisotopic (exact) mass is 513 g/mol. The van der Waals surface area contributed by atoms with Crippen molar-refractivity contribution in [1.29, 1.82) is 0 Å². The molecule has 0 saturated carbocycles. The molecule has 8 heteroatoms. The molecule has 4 fully saturated rings. The van der Waals surface area contributed by atoms with E-state index in [2.05, 4.69) is 80.7 Å². The molecule has 4 heterocycles. The summed E-state index contributed by atoms with van der Waals surface area (Å²) in [5, 5.41) is 7.49. The topological polar surface area (TPSA) is 90.7 Å². The Morgan fingerprint density at radius 3 is 2.26 bits per heavy atom. The number of benzene rings is 1. The minimum Gasteiger partial charge on any atom is -0.398 e. The zero-order valence-electron chi connectivity index (χ0n) is 21.6. The Morgan fingerprint density at radius 2 is 1.76 bits per heavy atom. The number of carbonyl (C=O) groups excluding carboxylic acids is 1. The first kappa shape index (κ1) is 31.9. The number of nitrogen functional groups attached to an aromatic ring is 1. The SMILES string of the molecule is C.C=C=C=C=C=C=C.CCCCC12CN3CCN(CC(C3)/C1=N/NC(=O)c1ccccc1N)C2.[C-]#[N+]N=C. The van der Waals surface area contributed by atoms with Gasteiger partial charge < -0.3 is 15.5 Å². The van der Waals surface area contributed by atoms with Crippen molar-refractivity contribution in [2.45, 2.75) is 33.6 Å². The zero-order chi connectivity index (χ0) is 27.1. The maximum atomic E-state index is 12.6. The molecule has 2 atom stereocenters. The summed E-state index contributed by atoms with van der Waals surface area (Å²) in [6.45, 7) is 24.0. The molecule has 1 aromatic carbocycles. The molecule has 0 aromatic heterocycles. The van der Waals surface area contributed by atoms with Crippen LogP contribution in [0.1, 0.15) is 44.0 Å². The van der Waals surface area contributed by atoms with Crippen LogP contribution in [0.15, 0.2) is 76.3 Å². The third kappa shape index (κ3) is 8.77. The molecule has 0 spiro atoms. The van der Waals surface area contributed by atoms with E-state index in [1.807, 2.05) is 12.1 Å². The van der Waals surface area contributed by atoms with Crippen molar-refractivity contribution in [3.63, 3.8) is 0 Å². The first-order valence-corrected chi connectivity index (χ1v) is 12.2. The van der Waals surface area contributed by atoms with Gasteiger partial charge in [0.15, 0.2) is 0 Å². The second-order valence-corrected chi connectivity index (χ2v) is 9.05. The lowest BCUT2D eigenvalue weighted by Gasteiger charge is -2.50. The van der Waals surface area contributed by atoms with E-state index in [1.54, 1.807) is 12.1 Å². The fourth-order valence-corrected chi connectivity index (χ4v) is 5.11. The van der Waals surface area contributed by atoms with Crippen LogP contribution in [0.3, 0.4) is 0 Å². The van der Waals surface area contributed by atoms with E-state index in [0.29, 0.717) is 17.2 Å². The van der Waals surface area contributed by atoms with Gasteiger partial charge in [-0.2, -0.15) is 11.7 Å². The molecule has 3 N–H and O–H groups in total. The van der Waals surface area contributed by atoms with Gasteiger partial charge in [-0.25, -0.2) is 5.43 Å². The Balaban J connectivity index is 0.000000513. The first-order chi connectivity index (χ1) is 17.9. The van der Waals surface area contributed by atoms with Crippen LogP contribution in [0.25, 0.3) is 4.95 Å². The van der Waals surface area contributed by atoms with Gasteiger partial charge in [0.25, 0.3) is 5.91 Å². The lowest BCUT2D eigenvalue weighted by molar-refractivity contribution is 0.0940. The number of hydrogen-bond donors (Lipinski definition) is 2. The summed E-state index contributed by atoms with van der Waals surface area (Å²) >= 11 is 0. The number of nitrogens with one attached hydrogen (secondary N) is 1. The maximum Gasteiger partial charge on any atom is 0.273 e. The number of nitrogens with two attached hydrogens (primary N) is 1. The quantitative estimate of drug-likeness (QED) is 0.199. The van der Waals surface area contributed by atoms with Gasteiger partial charge in [-0.3, -0.25) is 4.79 Å². The van der Waals surface area contributed by atoms with E-state index in [1.165, 1.54) is 18.6 Å². The number of hydrogen-bond acceptors (Lipinski definition) is 6. The summed E-state index contributed by atoms with van der Waals surface area (Å²) in [4.78, 5) is 20.3. The summed E-state index contributed by atoms with van der Waals surface area (Å²) < 4.78 is 0. The number of amides is 1. The van der Waals surface area contributed by atoms with Crippen molar-refractivity contribution < 1.29 is 4.79 Å². The number of piperidine rings is 2. The molecule has 1 aromatic rings. The Morgan fingerprint density at radius 1 is 1.18 bits per heavy atom. The van der Waals surface area contributed by atoms with Crippen LogP contribution >= 0.6 is 0 Å². The molecule has 5 rings (SSSR count). The second kappa shape index (κ2) is 16.6. The van der Waals surface area contributed by atoms with Crippen LogP contribution in [0, 0.1) is 17.9 Å². The molecule has 200 valence electrons. The molecule has 2 unspecified atom stereocenters. The van der Waals surface area contributed by atoms with Gasteiger partial charge in [-0.1, -0.05) is 50.8 Å². The van der Waals surface area contributed by atoms with Crippen molar-refractivity contribution in [3.05, 3.63) is 83.2 Å². The molecular formula is C30H39N7O. The largest absolute Gasteiger partial charge is 0.398 e. The molecule has 8 nitrogen and oxygen atoms in total. The number of rotatable bonds is 5. The number of unbranched alkanes of at least 4 members (excludes halogenated alkanes) is 1. The number of carbonyl (C=O) groups is 1. The third-order valence-corrected chi connectivity index (χ3v) is 6.54. The summed E-state index contributed by atoms with van der Waals surface area (Å²) in [6, 6.07) is 7.16. The summed E-state index contributed by atoms with van der Waals surface area (Å²) in [5.41, 5.74) is 23.0. The molecular weight excluding hydrogens is 474 g/mol. The average Bonchev–Trinajstić information content (AvgIpc) is 3.15. The van der Waals surface area contributed by atoms with Gasteiger partial charge in [0.2, 0.25) is 0 Å². The maximum absolute atomic E-state index is 12.6. The Kier molecular flexibility index (Phi) is 13.9. The molecule has 1 amide bonds. The first-order valence-electron chi connectivity index (χ1n) is 12.2. The normalized spacial score (nSPS) is 24.3. The number of fused-ring (bicyclic) bond motifs is 1. The minimum atomic E-state index is -0.214. The predicted octanol–water partition coefficient (Wildman–Crippen LogP) is 4.53. The van der Waals surface area contributed by atoms with Crippen molar-refractivity contribution in [2.75, 3.05) is 45.0 Å². The number of anilines is 1. The van der Waals surface area contributed by atoms with Crippen LogP contribution in [0.5, 0.6) is 0 Å². The van der Waals surface area contributed by atoms with Gasteiger partial charge in [0.05, 0.1) is 23.1 Å². The van der Waals surface area contributed by atoms with Crippen LogP contribution in [0.4, 0.5) is 5.69 Å². The Bertz CT molecular complexity index is 1180. The Labute approximate surface area is 227 Å². The summed E-state index contributed by atoms with van der Waals surface area (Å²) in [6.07, 6.45) is 3.54. The molecule has 4 aliphatic heterocycles. The number of nitrogens with zero attached hydrogens (tertiary/aromatic N) is 5. The van der Waals surface area contributed by atoms with Gasteiger partial charge in [-0.15, -0.1) is 4.95 Å². The van der Waals surface area contributed by atoms with Crippen LogP contribution in [-0.4, -0.2) is 67.4 Å². The van der Waals surface area contributed by atoms with E-state index in [9.17, 15) is 4.79 Å². The molecule has 4 bridgehead atoms. The summed E-state index contributed by atoms with van der Waals surface area (Å²) in [5.74, 6) is 0.207. The van der Waals surface area contributed by atoms with E-state index in [-0.39, 0.29) is 18.7 Å². The smallest absolute Gasteiger partial charge is 0.273 e. The molecule has 4 saturated heterocycles. The van der Waals surface area contributed by atoms with Crippen molar-refractivity contribution >= 4 is 24.0 Å². The van der Waals surface area contributed by atoms with Crippen molar-refractivity contribution in [2.24, 2.45) is 21.5 Å². The van der Waals surface area contributed by atoms with Crippen molar-refractivity contribution in [1.82, 2.24) is 15.2 Å². The number of hydrazone groups is 1. The average molecular weight is 514 g/mol. The van der Waals surface area contributed by atoms with Crippen LogP contribution in [-0.2, 0) is 0 Å². The van der Waals surface area contributed by atoms with E-state index < -0.39 is 0 Å².